The third-order valence-corrected chi connectivity index (χ3v) is 6.00. The Morgan fingerprint density at radius 2 is 1.00 bits per heavy atom. The van der Waals surface area contributed by atoms with Crippen LogP contribution in [0.15, 0.2) is 126 Å². The first-order chi connectivity index (χ1) is 16.7. The van der Waals surface area contributed by atoms with Gasteiger partial charge in [-0.1, -0.05) is 84.9 Å². The van der Waals surface area contributed by atoms with Crippen molar-refractivity contribution in [3.8, 4) is 44.8 Å². The number of aromatic nitrogens is 1. The standard InChI is InChI=1S/C31H20FNO/c32-28-8-4-6-26(20-28)24-17-13-22(14-18-24)21-11-15-23(16-12-21)25-5-3-7-27(19-25)31-33-29-9-1-2-10-30(29)34-31/h1-20H. The maximum absolute atomic E-state index is 13.5. The zero-order chi connectivity index (χ0) is 22.9. The lowest BCUT2D eigenvalue weighted by atomic mass is 9.97. The smallest absolute Gasteiger partial charge is 0.227 e. The Hall–Kier alpha value is -4.50. The van der Waals surface area contributed by atoms with E-state index in [0.29, 0.717) is 5.89 Å². The summed E-state index contributed by atoms with van der Waals surface area (Å²) in [6.45, 7) is 0. The van der Waals surface area contributed by atoms with E-state index in [1.807, 2.05) is 54.6 Å². The van der Waals surface area contributed by atoms with Gasteiger partial charge >= 0.3 is 0 Å². The third-order valence-electron chi connectivity index (χ3n) is 6.00. The number of oxazole rings is 1. The van der Waals surface area contributed by atoms with Gasteiger partial charge in [0.05, 0.1) is 0 Å². The van der Waals surface area contributed by atoms with Gasteiger partial charge in [0.2, 0.25) is 5.89 Å². The van der Waals surface area contributed by atoms with Gasteiger partial charge in [-0.15, -0.1) is 0 Å². The van der Waals surface area contributed by atoms with Crippen LogP contribution in [-0.4, -0.2) is 4.98 Å². The van der Waals surface area contributed by atoms with Crippen molar-refractivity contribution in [2.24, 2.45) is 0 Å². The van der Waals surface area contributed by atoms with Gasteiger partial charge in [-0.05, 0) is 69.8 Å². The zero-order valence-corrected chi connectivity index (χ0v) is 18.3. The molecule has 2 nitrogen and oxygen atoms in total. The Morgan fingerprint density at radius 1 is 0.471 bits per heavy atom. The molecular formula is C31H20FNO. The first-order valence-corrected chi connectivity index (χ1v) is 11.2. The summed E-state index contributed by atoms with van der Waals surface area (Å²) in [5.74, 6) is 0.399. The molecule has 6 aromatic rings. The van der Waals surface area contributed by atoms with Crippen LogP contribution in [0.2, 0.25) is 0 Å². The van der Waals surface area contributed by atoms with Gasteiger partial charge < -0.3 is 4.42 Å². The minimum Gasteiger partial charge on any atom is -0.436 e. The second-order valence-corrected chi connectivity index (χ2v) is 8.23. The molecule has 0 spiro atoms. The van der Waals surface area contributed by atoms with E-state index in [1.165, 1.54) is 6.07 Å². The summed E-state index contributed by atoms with van der Waals surface area (Å²) in [4.78, 5) is 4.62. The molecule has 0 aliphatic rings. The van der Waals surface area contributed by atoms with Crippen molar-refractivity contribution in [1.29, 1.82) is 0 Å². The maximum Gasteiger partial charge on any atom is 0.227 e. The zero-order valence-electron chi connectivity index (χ0n) is 18.3. The molecule has 0 unspecified atom stereocenters. The average Bonchev–Trinajstić information content (AvgIpc) is 3.34. The average molecular weight is 442 g/mol. The minimum absolute atomic E-state index is 0.225. The Morgan fingerprint density at radius 3 is 1.62 bits per heavy atom. The fourth-order valence-corrected chi connectivity index (χ4v) is 4.21. The molecule has 0 amide bonds. The van der Waals surface area contributed by atoms with Gasteiger partial charge in [-0.25, -0.2) is 9.37 Å². The molecule has 1 aromatic heterocycles. The first kappa shape index (κ1) is 20.1. The number of hydrogen-bond acceptors (Lipinski definition) is 2. The molecule has 0 saturated heterocycles. The number of nitrogens with zero attached hydrogens (tertiary/aromatic N) is 1. The summed E-state index contributed by atoms with van der Waals surface area (Å²) in [6, 6.07) is 39.4. The predicted octanol–water partition coefficient (Wildman–Crippen LogP) is 8.63. The second kappa shape index (κ2) is 8.45. The van der Waals surface area contributed by atoms with E-state index in [-0.39, 0.29) is 5.82 Å². The van der Waals surface area contributed by atoms with Gasteiger partial charge in [0, 0.05) is 5.56 Å². The molecule has 0 fully saturated rings. The molecule has 0 aliphatic carbocycles. The van der Waals surface area contributed by atoms with Crippen LogP contribution >= 0.6 is 0 Å². The SMILES string of the molecule is Fc1cccc(-c2ccc(-c3ccc(-c4cccc(-c5nc6ccccc6o5)c4)cc3)cc2)c1. The quantitative estimate of drug-likeness (QED) is 0.274. The van der Waals surface area contributed by atoms with Crippen molar-refractivity contribution >= 4 is 11.1 Å². The van der Waals surface area contributed by atoms with Crippen molar-refractivity contribution < 1.29 is 8.81 Å². The number of rotatable bonds is 4. The van der Waals surface area contributed by atoms with Gasteiger partial charge in [0.15, 0.2) is 5.58 Å². The van der Waals surface area contributed by atoms with Crippen LogP contribution in [0.4, 0.5) is 4.39 Å². The summed E-state index contributed by atoms with van der Waals surface area (Å²) < 4.78 is 19.5. The normalized spacial score (nSPS) is 11.1. The lowest BCUT2D eigenvalue weighted by Crippen LogP contribution is -1.84. The molecule has 0 radical (unpaired) electrons. The van der Waals surface area contributed by atoms with Gasteiger partial charge in [0.1, 0.15) is 11.3 Å². The predicted molar refractivity (Wildman–Crippen MR) is 136 cm³/mol. The monoisotopic (exact) mass is 441 g/mol. The van der Waals surface area contributed by atoms with E-state index in [0.717, 1.165) is 50.0 Å². The highest BCUT2D eigenvalue weighted by atomic mass is 19.1. The van der Waals surface area contributed by atoms with Crippen molar-refractivity contribution in [3.63, 3.8) is 0 Å². The van der Waals surface area contributed by atoms with Crippen LogP contribution in [0.1, 0.15) is 0 Å². The van der Waals surface area contributed by atoms with Gasteiger partial charge in [-0.3, -0.25) is 0 Å². The fraction of sp³-hybridized carbons (Fsp3) is 0. The summed E-state index contributed by atoms with van der Waals surface area (Å²) >= 11 is 0. The Labute approximate surface area is 197 Å². The minimum atomic E-state index is -0.225. The second-order valence-electron chi connectivity index (χ2n) is 8.23. The summed E-state index contributed by atoms with van der Waals surface area (Å²) in [5.41, 5.74) is 8.94. The number of halogens is 1. The Kier molecular flexibility index (Phi) is 5.00. The first-order valence-electron chi connectivity index (χ1n) is 11.2. The largest absolute Gasteiger partial charge is 0.436 e. The van der Waals surface area contributed by atoms with E-state index in [1.54, 1.807) is 12.1 Å². The van der Waals surface area contributed by atoms with E-state index in [2.05, 4.69) is 53.5 Å². The highest BCUT2D eigenvalue weighted by Gasteiger charge is 2.09. The molecule has 0 bridgehead atoms. The van der Waals surface area contributed by atoms with Crippen LogP contribution in [0.3, 0.4) is 0 Å². The van der Waals surface area contributed by atoms with Crippen molar-refractivity contribution in [2.45, 2.75) is 0 Å². The van der Waals surface area contributed by atoms with Crippen molar-refractivity contribution in [1.82, 2.24) is 4.98 Å². The molecule has 6 rings (SSSR count). The van der Waals surface area contributed by atoms with Crippen molar-refractivity contribution in [3.05, 3.63) is 127 Å². The fourth-order valence-electron chi connectivity index (χ4n) is 4.21. The molecule has 1 heterocycles. The highest BCUT2D eigenvalue weighted by molar-refractivity contribution is 5.78. The number of hydrogen-bond donors (Lipinski definition) is 0. The number of benzene rings is 5. The number of para-hydroxylation sites is 2. The molecule has 34 heavy (non-hydrogen) atoms. The van der Waals surface area contributed by atoms with Crippen LogP contribution in [0, 0.1) is 5.82 Å². The van der Waals surface area contributed by atoms with Crippen LogP contribution < -0.4 is 0 Å². The lowest BCUT2D eigenvalue weighted by molar-refractivity contribution is 0.620. The van der Waals surface area contributed by atoms with Crippen LogP contribution in [0.25, 0.3) is 55.9 Å². The molecule has 0 N–H and O–H groups in total. The van der Waals surface area contributed by atoms with Crippen LogP contribution in [0.5, 0.6) is 0 Å². The van der Waals surface area contributed by atoms with E-state index in [9.17, 15) is 4.39 Å². The van der Waals surface area contributed by atoms with E-state index < -0.39 is 0 Å². The van der Waals surface area contributed by atoms with Gasteiger partial charge in [0.25, 0.3) is 0 Å². The topological polar surface area (TPSA) is 26.0 Å². The molecular weight excluding hydrogens is 421 g/mol. The molecule has 162 valence electrons. The molecule has 0 saturated carbocycles. The number of fused-ring (bicyclic) bond motifs is 1. The van der Waals surface area contributed by atoms with Crippen molar-refractivity contribution in [2.75, 3.05) is 0 Å². The Balaban J connectivity index is 1.26. The van der Waals surface area contributed by atoms with Gasteiger partial charge in [-0.2, -0.15) is 0 Å². The molecule has 0 atom stereocenters. The molecule has 0 aliphatic heterocycles. The Bertz CT molecular complexity index is 1560. The van der Waals surface area contributed by atoms with Crippen LogP contribution in [-0.2, 0) is 0 Å². The molecule has 3 heteroatoms. The summed E-state index contributed by atoms with van der Waals surface area (Å²) in [6.07, 6.45) is 0. The lowest BCUT2D eigenvalue weighted by Gasteiger charge is -2.08. The maximum atomic E-state index is 13.5. The van der Waals surface area contributed by atoms with E-state index in [4.69, 9.17) is 4.42 Å². The summed E-state index contributed by atoms with van der Waals surface area (Å²) in [5, 5.41) is 0. The highest BCUT2D eigenvalue weighted by Crippen LogP contribution is 2.30. The van der Waals surface area contributed by atoms with E-state index >= 15 is 0 Å². The third kappa shape index (κ3) is 3.89. The molecule has 5 aromatic carbocycles. The summed E-state index contributed by atoms with van der Waals surface area (Å²) in [7, 11) is 0.